The maximum absolute atomic E-state index is 9.34. The van der Waals surface area contributed by atoms with Crippen LogP contribution in [0.4, 0.5) is 5.82 Å². The first-order valence-electron chi connectivity index (χ1n) is 5.47. The summed E-state index contributed by atoms with van der Waals surface area (Å²) in [5, 5.41) is 13.6. The number of aliphatic hydroxyl groups excluding tert-OH is 1. The molecule has 1 aromatic heterocycles. The van der Waals surface area contributed by atoms with Gasteiger partial charge in [-0.05, 0) is 31.5 Å². The van der Waals surface area contributed by atoms with E-state index in [9.17, 15) is 5.11 Å². The number of nitrogens with one attached hydrogen (secondary N) is 1. The molecule has 0 bridgehead atoms. The number of hydrogen-bond donors (Lipinski definition) is 2. The topological polar surface area (TPSA) is 45.1 Å². The molecule has 84 valence electrons. The molecular weight excluding hydrogens is 200 g/mol. The first-order valence-corrected chi connectivity index (χ1v) is 5.47. The zero-order chi connectivity index (χ0) is 11.5. The minimum atomic E-state index is 0.0375. The van der Waals surface area contributed by atoms with Gasteiger partial charge in [0.2, 0.25) is 0 Å². The van der Waals surface area contributed by atoms with Gasteiger partial charge in [0.25, 0.3) is 0 Å². The van der Waals surface area contributed by atoms with Gasteiger partial charge in [0.05, 0.1) is 12.1 Å². The number of nitrogens with zero attached hydrogens (tertiary/aromatic N) is 1. The second kappa shape index (κ2) is 4.49. The molecule has 0 saturated carbocycles. The second-order valence-corrected chi connectivity index (χ2v) is 4.14. The lowest BCUT2D eigenvalue weighted by Gasteiger charge is -2.12. The van der Waals surface area contributed by atoms with Gasteiger partial charge in [0.1, 0.15) is 5.82 Å². The third-order valence-corrected chi connectivity index (χ3v) is 2.41. The highest BCUT2D eigenvalue weighted by Gasteiger charge is 2.05. The molecule has 2 rings (SSSR count). The summed E-state index contributed by atoms with van der Waals surface area (Å²) in [7, 11) is 0. The van der Waals surface area contributed by atoms with Crippen LogP contribution in [0.3, 0.4) is 0 Å². The van der Waals surface area contributed by atoms with Crippen molar-refractivity contribution in [2.24, 2.45) is 0 Å². The molecule has 0 fully saturated rings. The van der Waals surface area contributed by atoms with Crippen molar-refractivity contribution < 1.29 is 5.11 Å². The summed E-state index contributed by atoms with van der Waals surface area (Å²) in [6, 6.07) is 10.1. The molecule has 1 aromatic carbocycles. The Morgan fingerprint density at radius 3 is 2.75 bits per heavy atom. The van der Waals surface area contributed by atoms with Gasteiger partial charge in [0, 0.05) is 11.4 Å². The van der Waals surface area contributed by atoms with Crippen LogP contribution in [0.5, 0.6) is 0 Å². The lowest BCUT2D eigenvalue weighted by molar-refractivity contribution is 0.283. The van der Waals surface area contributed by atoms with Crippen molar-refractivity contribution >= 4 is 16.7 Å². The average Bonchev–Trinajstić information content (AvgIpc) is 2.27. The Morgan fingerprint density at radius 2 is 2.06 bits per heavy atom. The van der Waals surface area contributed by atoms with Crippen molar-refractivity contribution in [3.05, 3.63) is 35.9 Å². The van der Waals surface area contributed by atoms with E-state index in [1.54, 1.807) is 0 Å². The van der Waals surface area contributed by atoms with Crippen LogP contribution in [0.1, 0.15) is 19.4 Å². The summed E-state index contributed by atoms with van der Waals surface area (Å²) in [4.78, 5) is 4.50. The van der Waals surface area contributed by atoms with Gasteiger partial charge in [-0.2, -0.15) is 0 Å². The largest absolute Gasteiger partial charge is 0.392 e. The van der Waals surface area contributed by atoms with Crippen LogP contribution < -0.4 is 5.32 Å². The van der Waals surface area contributed by atoms with E-state index in [2.05, 4.69) is 24.1 Å². The maximum atomic E-state index is 9.34. The molecule has 0 unspecified atom stereocenters. The monoisotopic (exact) mass is 216 g/mol. The highest BCUT2D eigenvalue weighted by atomic mass is 16.3. The Kier molecular flexibility index (Phi) is 3.06. The fourth-order valence-electron chi connectivity index (χ4n) is 1.75. The Bertz CT molecular complexity index is 494. The van der Waals surface area contributed by atoms with E-state index in [0.29, 0.717) is 6.04 Å². The normalized spacial score (nSPS) is 11.0. The highest BCUT2D eigenvalue weighted by Crippen LogP contribution is 2.20. The third kappa shape index (κ3) is 2.14. The van der Waals surface area contributed by atoms with Crippen molar-refractivity contribution in [1.82, 2.24) is 4.98 Å². The van der Waals surface area contributed by atoms with E-state index < -0.39 is 0 Å². The summed E-state index contributed by atoms with van der Waals surface area (Å²) in [5.41, 5.74) is 1.82. The molecule has 0 atom stereocenters. The van der Waals surface area contributed by atoms with Crippen LogP contribution >= 0.6 is 0 Å². The van der Waals surface area contributed by atoms with E-state index in [4.69, 9.17) is 0 Å². The minimum absolute atomic E-state index is 0.0375. The molecule has 3 heteroatoms. The van der Waals surface area contributed by atoms with E-state index >= 15 is 0 Å². The van der Waals surface area contributed by atoms with Crippen molar-refractivity contribution in [3.8, 4) is 0 Å². The van der Waals surface area contributed by atoms with E-state index in [0.717, 1.165) is 22.3 Å². The number of aromatic nitrogens is 1. The van der Waals surface area contributed by atoms with Gasteiger partial charge in [0.15, 0.2) is 0 Å². The van der Waals surface area contributed by atoms with Gasteiger partial charge in [-0.1, -0.05) is 18.2 Å². The van der Waals surface area contributed by atoms with Gasteiger partial charge >= 0.3 is 0 Å². The number of pyridine rings is 1. The number of hydrogen-bond acceptors (Lipinski definition) is 3. The molecule has 0 spiro atoms. The summed E-state index contributed by atoms with van der Waals surface area (Å²) in [6.07, 6.45) is 0. The van der Waals surface area contributed by atoms with Crippen LogP contribution in [0.15, 0.2) is 30.3 Å². The Morgan fingerprint density at radius 1 is 1.31 bits per heavy atom. The zero-order valence-electron chi connectivity index (χ0n) is 9.57. The molecule has 0 aliphatic rings. The quantitative estimate of drug-likeness (QED) is 0.828. The summed E-state index contributed by atoms with van der Waals surface area (Å²) in [5.74, 6) is 0.817. The zero-order valence-corrected chi connectivity index (χ0v) is 9.57. The number of benzene rings is 1. The highest BCUT2D eigenvalue weighted by molar-refractivity contribution is 5.83. The first-order chi connectivity index (χ1) is 7.70. The van der Waals surface area contributed by atoms with Crippen molar-refractivity contribution in [1.29, 1.82) is 0 Å². The Balaban J connectivity index is 2.54. The fraction of sp³-hybridized carbons (Fsp3) is 0.308. The molecule has 0 amide bonds. The number of rotatable bonds is 3. The fourth-order valence-corrected chi connectivity index (χ4v) is 1.75. The molecule has 0 saturated heterocycles. The van der Waals surface area contributed by atoms with Crippen LogP contribution in [-0.2, 0) is 6.61 Å². The van der Waals surface area contributed by atoms with Gasteiger partial charge in [-0.25, -0.2) is 4.98 Å². The second-order valence-electron chi connectivity index (χ2n) is 4.14. The van der Waals surface area contributed by atoms with Gasteiger partial charge < -0.3 is 10.4 Å². The molecule has 16 heavy (non-hydrogen) atoms. The summed E-state index contributed by atoms with van der Waals surface area (Å²) >= 11 is 0. The predicted octanol–water partition coefficient (Wildman–Crippen LogP) is 2.55. The third-order valence-electron chi connectivity index (χ3n) is 2.41. The molecule has 2 N–H and O–H groups in total. The number of aliphatic hydroxyl groups is 1. The van der Waals surface area contributed by atoms with Crippen LogP contribution in [0.25, 0.3) is 10.9 Å². The van der Waals surface area contributed by atoms with Crippen LogP contribution in [0, 0.1) is 0 Å². The molecule has 0 radical (unpaired) electrons. The van der Waals surface area contributed by atoms with Crippen LogP contribution in [0.2, 0.25) is 0 Å². The lowest BCUT2D eigenvalue weighted by Crippen LogP contribution is -2.11. The minimum Gasteiger partial charge on any atom is -0.392 e. The Hall–Kier alpha value is -1.61. The maximum Gasteiger partial charge on any atom is 0.127 e. The SMILES string of the molecule is CC(C)Nc1cc(CO)c2ccccc2n1. The van der Waals surface area contributed by atoms with E-state index in [1.165, 1.54) is 0 Å². The van der Waals surface area contributed by atoms with Crippen LogP contribution in [-0.4, -0.2) is 16.1 Å². The van der Waals surface area contributed by atoms with E-state index in [-0.39, 0.29) is 6.61 Å². The first kappa shape index (κ1) is 10.9. The molecular formula is C13H16N2O. The molecule has 3 nitrogen and oxygen atoms in total. The van der Waals surface area contributed by atoms with Gasteiger partial charge in [-0.15, -0.1) is 0 Å². The lowest BCUT2D eigenvalue weighted by atomic mass is 10.1. The summed E-state index contributed by atoms with van der Waals surface area (Å²) in [6.45, 7) is 4.17. The van der Waals surface area contributed by atoms with Crippen molar-refractivity contribution in [2.75, 3.05) is 5.32 Å². The van der Waals surface area contributed by atoms with Crippen molar-refractivity contribution in [2.45, 2.75) is 26.5 Å². The molecule has 2 aromatic rings. The number of para-hydroxylation sites is 1. The van der Waals surface area contributed by atoms with Gasteiger partial charge in [-0.3, -0.25) is 0 Å². The van der Waals surface area contributed by atoms with Crippen molar-refractivity contribution in [3.63, 3.8) is 0 Å². The van der Waals surface area contributed by atoms with E-state index in [1.807, 2.05) is 30.3 Å². The summed E-state index contributed by atoms with van der Waals surface area (Å²) < 4.78 is 0. The average molecular weight is 216 g/mol. The predicted molar refractivity (Wildman–Crippen MR) is 66.4 cm³/mol. The Labute approximate surface area is 95.1 Å². The number of anilines is 1. The molecule has 0 aliphatic carbocycles. The number of fused-ring (bicyclic) bond motifs is 1. The molecule has 1 heterocycles. The standard InChI is InChI=1S/C13H16N2O/c1-9(2)14-13-7-10(8-16)11-5-3-4-6-12(11)15-13/h3-7,9,16H,8H2,1-2H3,(H,14,15). The smallest absolute Gasteiger partial charge is 0.127 e. The molecule has 0 aliphatic heterocycles.